The molecule has 1 N–H and O–H groups in total. The van der Waals surface area contributed by atoms with Gasteiger partial charge < -0.3 is 5.32 Å². The molecule has 1 aliphatic heterocycles. The van der Waals surface area contributed by atoms with Gasteiger partial charge in [0, 0.05) is 32.2 Å². The van der Waals surface area contributed by atoms with E-state index < -0.39 is 11.7 Å². The first-order chi connectivity index (χ1) is 9.54. The zero-order chi connectivity index (χ0) is 14.6. The summed E-state index contributed by atoms with van der Waals surface area (Å²) in [5.74, 6) is 0. The highest BCUT2D eigenvalue weighted by molar-refractivity contribution is 5.85. The van der Waals surface area contributed by atoms with E-state index in [0.717, 1.165) is 32.2 Å². The lowest BCUT2D eigenvalue weighted by Gasteiger charge is -2.35. The number of rotatable bonds is 4. The van der Waals surface area contributed by atoms with E-state index in [1.54, 1.807) is 18.2 Å². The molecule has 1 aliphatic rings. The van der Waals surface area contributed by atoms with Crippen LogP contribution in [0, 0.1) is 0 Å². The predicted molar refractivity (Wildman–Crippen MR) is 87.9 cm³/mol. The highest BCUT2D eigenvalue weighted by atomic mass is 35.5. The van der Waals surface area contributed by atoms with E-state index in [1.807, 2.05) is 0 Å². The minimum atomic E-state index is -4.32. The topological polar surface area (TPSA) is 15.3 Å². The molecule has 1 saturated heterocycles. The fourth-order valence-electron chi connectivity index (χ4n) is 2.67. The summed E-state index contributed by atoms with van der Waals surface area (Å²) < 4.78 is 39.5. The Balaban J connectivity index is 0.00000220. The minimum absolute atomic E-state index is 0. The van der Waals surface area contributed by atoms with Crippen LogP contribution in [0.2, 0.25) is 0 Å². The Bertz CT molecular complexity index is 460. The number of nitrogens with zero attached hydrogens (tertiary/aromatic N) is 1. The third kappa shape index (κ3) is 5.16. The van der Waals surface area contributed by atoms with Crippen molar-refractivity contribution < 1.29 is 13.2 Å². The van der Waals surface area contributed by atoms with E-state index in [2.05, 4.69) is 16.8 Å². The summed E-state index contributed by atoms with van der Waals surface area (Å²) in [6.45, 7) is 6.81. The van der Waals surface area contributed by atoms with Gasteiger partial charge in [0.15, 0.2) is 0 Å². The molecule has 7 heteroatoms. The van der Waals surface area contributed by atoms with Crippen molar-refractivity contribution in [3.63, 3.8) is 0 Å². The van der Waals surface area contributed by atoms with Crippen LogP contribution in [0.15, 0.2) is 36.9 Å². The molecule has 0 aromatic heterocycles. The second-order valence-electron chi connectivity index (χ2n) is 4.91. The second kappa shape index (κ2) is 9.40. The molecule has 22 heavy (non-hydrogen) atoms. The molecular weight excluding hydrogens is 336 g/mol. The first kappa shape index (κ1) is 21.2. The molecule has 0 unspecified atom stereocenters. The number of nitrogens with one attached hydrogen (secondary N) is 1. The fraction of sp³-hybridized carbons (Fsp3) is 0.467. The van der Waals surface area contributed by atoms with E-state index in [4.69, 9.17) is 0 Å². The Hall–Kier alpha value is -0.750. The quantitative estimate of drug-likeness (QED) is 0.818. The Morgan fingerprint density at radius 1 is 1.18 bits per heavy atom. The number of halogens is 5. The van der Waals surface area contributed by atoms with Crippen LogP contribution in [0.5, 0.6) is 0 Å². The zero-order valence-corrected chi connectivity index (χ0v) is 13.7. The van der Waals surface area contributed by atoms with E-state index in [0.29, 0.717) is 12.0 Å². The first-order valence-electron chi connectivity index (χ1n) is 6.76. The number of benzene rings is 1. The Kier molecular flexibility index (Phi) is 9.08. The monoisotopic (exact) mass is 356 g/mol. The lowest BCUT2D eigenvalue weighted by atomic mass is 9.95. The summed E-state index contributed by atoms with van der Waals surface area (Å²) in [6.07, 6.45) is -2.10. The summed E-state index contributed by atoms with van der Waals surface area (Å²) in [6, 6.07) is 5.59. The highest BCUT2D eigenvalue weighted by Gasteiger charge is 2.36. The van der Waals surface area contributed by atoms with Crippen LogP contribution in [0.4, 0.5) is 13.2 Å². The minimum Gasteiger partial charge on any atom is -0.314 e. The van der Waals surface area contributed by atoms with Gasteiger partial charge in [0.1, 0.15) is 0 Å². The van der Waals surface area contributed by atoms with Gasteiger partial charge in [-0.15, -0.1) is 31.4 Å². The highest BCUT2D eigenvalue weighted by Crippen LogP contribution is 2.37. The normalized spacial score (nSPS) is 17.0. The molecule has 0 radical (unpaired) electrons. The smallest absolute Gasteiger partial charge is 0.314 e. The Morgan fingerprint density at radius 3 is 2.32 bits per heavy atom. The van der Waals surface area contributed by atoms with Crippen LogP contribution in [0.1, 0.15) is 23.6 Å². The lowest BCUT2D eigenvalue weighted by Crippen LogP contribution is -2.45. The molecule has 0 amide bonds. The van der Waals surface area contributed by atoms with Crippen LogP contribution < -0.4 is 5.32 Å². The molecule has 126 valence electrons. The van der Waals surface area contributed by atoms with E-state index in [1.165, 1.54) is 6.07 Å². The van der Waals surface area contributed by atoms with Gasteiger partial charge in [0.25, 0.3) is 0 Å². The van der Waals surface area contributed by atoms with Crippen molar-refractivity contribution in [3.8, 4) is 0 Å². The van der Waals surface area contributed by atoms with Crippen molar-refractivity contribution in [2.24, 2.45) is 0 Å². The van der Waals surface area contributed by atoms with Crippen molar-refractivity contribution >= 4 is 24.8 Å². The molecule has 1 heterocycles. The summed E-state index contributed by atoms with van der Waals surface area (Å²) in [7, 11) is 0. The molecular formula is C15H21Cl2F3N2. The predicted octanol–water partition coefficient (Wildman–Crippen LogP) is 4.07. The second-order valence-corrected chi connectivity index (χ2v) is 4.91. The van der Waals surface area contributed by atoms with Gasteiger partial charge in [-0.2, -0.15) is 13.2 Å². The lowest BCUT2D eigenvalue weighted by molar-refractivity contribution is -0.138. The third-order valence-corrected chi connectivity index (χ3v) is 3.61. The van der Waals surface area contributed by atoms with Crippen LogP contribution in [-0.4, -0.2) is 31.1 Å². The Morgan fingerprint density at radius 2 is 1.77 bits per heavy atom. The molecule has 1 aromatic carbocycles. The van der Waals surface area contributed by atoms with Crippen LogP contribution in [0.25, 0.3) is 0 Å². The number of alkyl halides is 3. The molecule has 0 aliphatic carbocycles. The maximum Gasteiger partial charge on any atom is 0.416 e. The van der Waals surface area contributed by atoms with Crippen molar-refractivity contribution in [2.75, 3.05) is 26.2 Å². The number of hydrogen-bond acceptors (Lipinski definition) is 2. The van der Waals surface area contributed by atoms with Crippen molar-refractivity contribution in [1.82, 2.24) is 10.2 Å². The van der Waals surface area contributed by atoms with Gasteiger partial charge >= 0.3 is 6.18 Å². The van der Waals surface area contributed by atoms with Gasteiger partial charge in [0.05, 0.1) is 5.56 Å². The summed E-state index contributed by atoms with van der Waals surface area (Å²) in [5, 5.41) is 3.22. The molecule has 1 atom stereocenters. The number of piperazine rings is 1. The fourth-order valence-corrected chi connectivity index (χ4v) is 2.67. The summed E-state index contributed by atoms with van der Waals surface area (Å²) in [4.78, 5) is 2.10. The SMILES string of the molecule is C=CC[C@@H](c1ccccc1C(F)(F)F)N1CCNCC1.Cl.Cl. The van der Waals surface area contributed by atoms with Gasteiger partial charge in [-0.3, -0.25) is 4.90 Å². The average Bonchev–Trinajstić information content (AvgIpc) is 2.45. The van der Waals surface area contributed by atoms with Gasteiger partial charge in [0.2, 0.25) is 0 Å². The van der Waals surface area contributed by atoms with Crippen LogP contribution in [-0.2, 0) is 6.18 Å². The third-order valence-electron chi connectivity index (χ3n) is 3.61. The number of hydrogen-bond donors (Lipinski definition) is 1. The summed E-state index contributed by atoms with van der Waals surface area (Å²) in [5.41, 5.74) is -0.188. The maximum atomic E-state index is 13.2. The van der Waals surface area contributed by atoms with Crippen molar-refractivity contribution in [1.29, 1.82) is 0 Å². The van der Waals surface area contributed by atoms with Crippen molar-refractivity contribution in [3.05, 3.63) is 48.0 Å². The standard InChI is InChI=1S/C15H19F3N2.2ClH/c1-2-5-14(20-10-8-19-9-11-20)12-6-3-4-7-13(12)15(16,17)18;;/h2-4,6-7,14,19H,1,5,8-11H2;2*1H/t14-;;/m0../s1. The molecule has 0 bridgehead atoms. The van der Waals surface area contributed by atoms with Gasteiger partial charge in [-0.05, 0) is 18.1 Å². The van der Waals surface area contributed by atoms with E-state index >= 15 is 0 Å². The molecule has 2 nitrogen and oxygen atoms in total. The molecule has 2 rings (SSSR count). The van der Waals surface area contributed by atoms with Gasteiger partial charge in [-0.1, -0.05) is 24.3 Å². The van der Waals surface area contributed by atoms with E-state index in [-0.39, 0.29) is 30.9 Å². The summed E-state index contributed by atoms with van der Waals surface area (Å²) >= 11 is 0. The van der Waals surface area contributed by atoms with Crippen LogP contribution in [0.3, 0.4) is 0 Å². The van der Waals surface area contributed by atoms with E-state index in [9.17, 15) is 13.2 Å². The maximum absolute atomic E-state index is 13.2. The van der Waals surface area contributed by atoms with Gasteiger partial charge in [-0.25, -0.2) is 0 Å². The largest absolute Gasteiger partial charge is 0.416 e. The molecule has 1 fully saturated rings. The first-order valence-corrected chi connectivity index (χ1v) is 6.76. The Labute approximate surface area is 141 Å². The molecule has 1 aromatic rings. The zero-order valence-electron chi connectivity index (χ0n) is 12.1. The van der Waals surface area contributed by atoms with Crippen LogP contribution >= 0.6 is 24.8 Å². The molecule has 0 spiro atoms. The molecule has 0 saturated carbocycles. The average molecular weight is 357 g/mol. The van der Waals surface area contributed by atoms with Crippen molar-refractivity contribution in [2.45, 2.75) is 18.6 Å².